The van der Waals surface area contributed by atoms with Crippen LogP contribution >= 0.6 is 0 Å². The third kappa shape index (κ3) is 6.61. The Labute approximate surface area is 244 Å². The van der Waals surface area contributed by atoms with Crippen LogP contribution in [0, 0.1) is 31.9 Å². The summed E-state index contributed by atoms with van der Waals surface area (Å²) in [6.07, 6.45) is 4.61. The Morgan fingerprint density at radius 2 is 1.41 bits per heavy atom. The van der Waals surface area contributed by atoms with Gasteiger partial charge in [0, 0.05) is 20.2 Å². The second-order valence-corrected chi connectivity index (χ2v) is 8.39. The maximum Gasteiger partial charge on any atom is 0.344 e. The van der Waals surface area contributed by atoms with Gasteiger partial charge in [-0.3, -0.25) is 25.0 Å². The molecule has 2 aromatic carbocycles. The molecule has 0 atom stereocenters. The van der Waals surface area contributed by atoms with Crippen LogP contribution < -0.4 is 0 Å². The lowest BCUT2D eigenvalue weighted by atomic mass is 10.1. The number of cyclic esters (lactones) is 2. The van der Waals surface area contributed by atoms with E-state index in [0.717, 1.165) is 24.3 Å². The second kappa shape index (κ2) is 13.1. The topological polar surface area (TPSA) is 217 Å². The molecule has 44 heavy (non-hydrogen) atoms. The zero-order valence-electron chi connectivity index (χ0n) is 21.8. The van der Waals surface area contributed by atoms with Gasteiger partial charge in [-0.1, -0.05) is 7.43 Å². The quantitative estimate of drug-likeness (QED) is 0.140. The molecule has 0 aliphatic carbocycles. The summed E-state index contributed by atoms with van der Waals surface area (Å²) in [7, 11) is 3.27. The van der Waals surface area contributed by atoms with Crippen molar-refractivity contribution in [1.29, 1.82) is 0 Å². The van der Waals surface area contributed by atoms with Gasteiger partial charge >= 0.3 is 11.9 Å². The first-order valence-electron chi connectivity index (χ1n) is 11.6. The molecule has 6 rings (SSSR count). The Kier molecular flexibility index (Phi) is 9.63. The van der Waals surface area contributed by atoms with Crippen LogP contribution in [-0.4, -0.2) is 57.6 Å². The molecule has 19 heteroatoms. The summed E-state index contributed by atoms with van der Waals surface area (Å²) in [4.78, 5) is 60.2. The predicted octanol–water partition coefficient (Wildman–Crippen LogP) is 3.20. The number of rotatable bonds is 4. The lowest BCUT2D eigenvalue weighted by Gasteiger charge is -2.00. The molecule has 2 aliphatic rings. The first-order chi connectivity index (χ1) is 20.4. The summed E-state index contributed by atoms with van der Waals surface area (Å²) in [6.45, 7) is -0.162. The van der Waals surface area contributed by atoms with Gasteiger partial charge in [0.1, 0.15) is 42.2 Å². The van der Waals surface area contributed by atoms with Crippen molar-refractivity contribution in [1.82, 2.24) is 29.5 Å². The Morgan fingerprint density at radius 3 is 1.91 bits per heavy atom. The number of benzene rings is 2. The smallest absolute Gasteiger partial charge is 0.344 e. The van der Waals surface area contributed by atoms with Gasteiger partial charge in [0.25, 0.3) is 11.4 Å². The van der Waals surface area contributed by atoms with E-state index in [9.17, 15) is 43.4 Å². The number of halogens is 2. The molecule has 0 N–H and O–H groups in total. The number of ether oxygens (including phenoxy) is 2. The van der Waals surface area contributed by atoms with Gasteiger partial charge < -0.3 is 9.47 Å². The average Bonchev–Trinajstić information content (AvgIpc) is 3.73. The van der Waals surface area contributed by atoms with E-state index in [1.165, 1.54) is 28.1 Å². The molecule has 228 valence electrons. The largest absolute Gasteiger partial charge is 0.457 e. The van der Waals surface area contributed by atoms with Crippen LogP contribution in [0.3, 0.4) is 0 Å². The van der Waals surface area contributed by atoms with Gasteiger partial charge in [-0.05, 0) is 12.1 Å². The van der Waals surface area contributed by atoms with E-state index in [2.05, 4.69) is 24.9 Å². The lowest BCUT2D eigenvalue weighted by Crippen LogP contribution is -1.98. The van der Waals surface area contributed by atoms with Gasteiger partial charge in [0.2, 0.25) is 0 Å². The lowest BCUT2D eigenvalue weighted by molar-refractivity contribution is -0.385. The Balaban J connectivity index is 0.000000198. The molecule has 0 amide bonds. The van der Waals surface area contributed by atoms with Crippen LogP contribution in [0.5, 0.6) is 0 Å². The number of hydrogen-bond donors (Lipinski definition) is 0. The highest BCUT2D eigenvalue weighted by Crippen LogP contribution is 2.38. The van der Waals surface area contributed by atoms with Crippen LogP contribution in [0.15, 0.2) is 36.9 Å². The monoisotopic (exact) mass is 614 g/mol. The predicted molar refractivity (Wildman–Crippen MR) is 143 cm³/mol. The molecule has 0 radical (unpaired) electrons. The van der Waals surface area contributed by atoms with E-state index in [-0.39, 0.29) is 42.0 Å². The minimum atomic E-state index is -0.877. The second-order valence-electron chi connectivity index (χ2n) is 8.39. The molecule has 4 heterocycles. The van der Waals surface area contributed by atoms with Crippen molar-refractivity contribution in [2.75, 3.05) is 0 Å². The fraction of sp³-hybridized carbons (Fsp3) is 0.160. The summed E-state index contributed by atoms with van der Waals surface area (Å²) in [5.74, 6) is -2.62. The van der Waals surface area contributed by atoms with Crippen molar-refractivity contribution in [3.63, 3.8) is 0 Å². The number of nitro benzene ring substituents is 2. The van der Waals surface area contributed by atoms with E-state index >= 15 is 0 Å². The maximum atomic E-state index is 13.4. The first kappa shape index (κ1) is 32.2. The molecule has 2 aliphatic heterocycles. The summed E-state index contributed by atoms with van der Waals surface area (Å²) in [5, 5.41) is 29.0. The third-order valence-corrected chi connectivity index (χ3v) is 5.76. The molecule has 4 aromatic rings. The fourth-order valence-corrected chi connectivity index (χ4v) is 3.76. The fourth-order valence-electron chi connectivity index (χ4n) is 3.76. The molecule has 0 unspecified atom stereocenters. The summed E-state index contributed by atoms with van der Waals surface area (Å²) in [5.41, 5.74) is -1.11. The Bertz CT molecular complexity index is 1830. The molecular weight excluding hydrogens is 594 g/mol. The van der Waals surface area contributed by atoms with Crippen LogP contribution in [0.25, 0.3) is 11.8 Å². The number of aromatic nitrogens is 6. The first-order valence-corrected chi connectivity index (χ1v) is 11.6. The van der Waals surface area contributed by atoms with Gasteiger partial charge in [0.15, 0.2) is 17.9 Å². The normalized spacial score (nSPS) is 13.2. The standard InChI is InChI=1S/C12H7FN4O4.C8H4FNO4.C4H5N3O.CH4/c1-16-10(14-5-15-16)4-9-11-7(12(18)21-9)2-6(13)3-8(11)17(19)20;9-4-1-5-6(3-14-8(5)11)7(2-4)10(12)13;1-7-4(2-8)5-3-6-7;/h2-5H,1H3;1-2H,3H2;2-3H,1H3;1H4/b9-4-;;;. The molecule has 0 saturated carbocycles. The highest BCUT2D eigenvalue weighted by molar-refractivity contribution is 6.07. The number of aldehydes is 1. The van der Waals surface area contributed by atoms with E-state index in [1.807, 2.05) is 0 Å². The number of aryl methyl sites for hydroxylation is 2. The molecule has 17 nitrogen and oxygen atoms in total. The molecule has 0 spiro atoms. The maximum absolute atomic E-state index is 13.4. The number of hydrogen-bond acceptors (Lipinski definition) is 13. The highest BCUT2D eigenvalue weighted by Gasteiger charge is 2.35. The minimum absolute atomic E-state index is 0. The summed E-state index contributed by atoms with van der Waals surface area (Å²) >= 11 is 0. The van der Waals surface area contributed by atoms with E-state index < -0.39 is 44.8 Å². The molecule has 0 fully saturated rings. The van der Waals surface area contributed by atoms with E-state index in [4.69, 9.17) is 4.74 Å². The Morgan fingerprint density at radius 1 is 0.864 bits per heavy atom. The number of carbonyl (C=O) groups excluding carboxylic acids is 3. The van der Waals surface area contributed by atoms with Gasteiger partial charge in [-0.2, -0.15) is 10.2 Å². The molecular formula is C25H20F2N8O9. The van der Waals surface area contributed by atoms with Gasteiger partial charge in [-0.15, -0.1) is 0 Å². The molecule has 0 saturated heterocycles. The van der Waals surface area contributed by atoms with Crippen molar-refractivity contribution in [3.8, 4) is 0 Å². The van der Waals surface area contributed by atoms with Crippen molar-refractivity contribution in [3.05, 3.63) is 103 Å². The number of nitrogens with zero attached hydrogens (tertiary/aromatic N) is 8. The average molecular weight is 614 g/mol. The SMILES string of the molecule is C.Cn1ncnc1/C=C1\OC(=O)c2cc(F)cc([N+](=O)[O-])c21.Cn1ncnc1C=O.O=C1OCc2c1cc(F)cc2[N+](=O)[O-]. The number of fused-ring (bicyclic) bond motifs is 2. The molecule has 2 aromatic heterocycles. The number of esters is 2. The number of carbonyl (C=O) groups is 3. The van der Waals surface area contributed by atoms with Gasteiger partial charge in [-0.25, -0.2) is 37.7 Å². The van der Waals surface area contributed by atoms with Crippen LogP contribution in [0.2, 0.25) is 0 Å². The van der Waals surface area contributed by atoms with Crippen molar-refractivity contribution >= 4 is 41.4 Å². The zero-order chi connectivity index (χ0) is 31.4. The van der Waals surface area contributed by atoms with Crippen LogP contribution in [0.4, 0.5) is 20.2 Å². The van der Waals surface area contributed by atoms with Crippen molar-refractivity contribution in [2.24, 2.45) is 14.1 Å². The van der Waals surface area contributed by atoms with Crippen molar-refractivity contribution in [2.45, 2.75) is 14.0 Å². The highest BCUT2D eigenvalue weighted by atomic mass is 19.1. The van der Waals surface area contributed by atoms with Gasteiger partial charge in [0.05, 0.1) is 38.7 Å². The summed E-state index contributed by atoms with van der Waals surface area (Å²) in [6, 6.07) is 3.37. The zero-order valence-corrected chi connectivity index (χ0v) is 21.8. The van der Waals surface area contributed by atoms with Crippen molar-refractivity contribution < 1.29 is 42.5 Å². The third-order valence-electron chi connectivity index (χ3n) is 5.76. The van der Waals surface area contributed by atoms with E-state index in [0.29, 0.717) is 17.9 Å². The minimum Gasteiger partial charge on any atom is -0.457 e. The molecule has 0 bridgehead atoms. The van der Waals surface area contributed by atoms with Crippen LogP contribution in [0.1, 0.15) is 55.7 Å². The van der Waals surface area contributed by atoms with E-state index in [1.54, 1.807) is 14.1 Å². The summed E-state index contributed by atoms with van der Waals surface area (Å²) < 4.78 is 38.6. The van der Waals surface area contributed by atoms with Crippen LogP contribution in [-0.2, 0) is 30.2 Å². The Hall–Kier alpha value is -6.27. The number of nitro groups is 2.